The Hall–Kier alpha value is -1.90. The summed E-state index contributed by atoms with van der Waals surface area (Å²) in [7, 11) is 0. The lowest BCUT2D eigenvalue weighted by Crippen LogP contribution is -2.06. The highest BCUT2D eigenvalue weighted by Gasteiger charge is 2.15. The van der Waals surface area contributed by atoms with Crippen molar-refractivity contribution in [2.75, 3.05) is 0 Å². The van der Waals surface area contributed by atoms with Crippen LogP contribution in [0.25, 0.3) is 5.69 Å². The molecule has 0 saturated carbocycles. The van der Waals surface area contributed by atoms with Gasteiger partial charge in [0.2, 0.25) is 0 Å². The number of hydrogen-bond acceptors (Lipinski definition) is 2. The Labute approximate surface area is 101 Å². The van der Waals surface area contributed by atoms with Gasteiger partial charge in [0.15, 0.2) is 5.78 Å². The number of hydrogen-bond donors (Lipinski definition) is 0. The fourth-order valence-corrected chi connectivity index (χ4v) is 1.96. The number of carbonyl (C=O) groups is 1. The number of ketones is 1. The summed E-state index contributed by atoms with van der Waals surface area (Å²) in [4.78, 5) is 16.1. The molecule has 1 aromatic carbocycles. The monoisotopic (exact) mass is 228 g/mol. The van der Waals surface area contributed by atoms with Crippen molar-refractivity contribution in [1.29, 1.82) is 0 Å². The second-order valence-electron chi connectivity index (χ2n) is 4.05. The molecule has 0 fully saturated rings. The van der Waals surface area contributed by atoms with Gasteiger partial charge in [0.05, 0.1) is 5.69 Å². The molecule has 0 aliphatic rings. The van der Waals surface area contributed by atoms with Crippen molar-refractivity contribution in [3.8, 4) is 5.69 Å². The Morgan fingerprint density at radius 1 is 1.29 bits per heavy atom. The Morgan fingerprint density at radius 2 is 2.00 bits per heavy atom. The molecule has 1 heterocycles. The zero-order valence-corrected chi connectivity index (χ0v) is 10.2. The van der Waals surface area contributed by atoms with E-state index < -0.39 is 0 Å². The zero-order chi connectivity index (χ0) is 12.3. The molecule has 0 radical (unpaired) electrons. The number of carbonyl (C=O) groups excluding carboxylic acids is 1. The summed E-state index contributed by atoms with van der Waals surface area (Å²) in [5.74, 6) is 0.0646. The van der Waals surface area contributed by atoms with E-state index in [0.717, 1.165) is 24.2 Å². The van der Waals surface area contributed by atoms with Crippen LogP contribution in [0.1, 0.15) is 36.5 Å². The van der Waals surface area contributed by atoms with E-state index >= 15 is 0 Å². The highest BCUT2D eigenvalue weighted by Crippen LogP contribution is 2.16. The summed E-state index contributed by atoms with van der Waals surface area (Å²) in [6, 6.07) is 9.83. The molecule has 17 heavy (non-hydrogen) atoms. The first-order chi connectivity index (χ1) is 8.24. The molecule has 3 heteroatoms. The molecule has 2 rings (SSSR count). The lowest BCUT2D eigenvalue weighted by atomic mass is 10.1. The van der Waals surface area contributed by atoms with E-state index in [9.17, 15) is 4.79 Å². The van der Waals surface area contributed by atoms with Crippen molar-refractivity contribution in [2.45, 2.75) is 26.7 Å². The van der Waals surface area contributed by atoms with Crippen LogP contribution in [0.2, 0.25) is 0 Å². The molecule has 0 atom stereocenters. The molecule has 1 aromatic heterocycles. The van der Waals surface area contributed by atoms with Crippen LogP contribution in [0.3, 0.4) is 0 Å². The molecule has 0 amide bonds. The SMILES string of the molecule is CCCc1ncn(-c2ccccc2)c1C(C)=O. The Kier molecular flexibility index (Phi) is 3.38. The zero-order valence-electron chi connectivity index (χ0n) is 10.2. The number of Topliss-reactive ketones (excluding diaryl/α,β-unsaturated/α-hetero) is 1. The first kappa shape index (κ1) is 11.6. The highest BCUT2D eigenvalue weighted by molar-refractivity contribution is 5.94. The fraction of sp³-hybridized carbons (Fsp3) is 0.286. The summed E-state index contributed by atoms with van der Waals surface area (Å²) in [6.45, 7) is 3.68. The molecule has 0 N–H and O–H groups in total. The van der Waals surface area contributed by atoms with Gasteiger partial charge in [-0.15, -0.1) is 0 Å². The van der Waals surface area contributed by atoms with E-state index in [-0.39, 0.29) is 5.78 Å². The average Bonchev–Trinajstić information content (AvgIpc) is 2.74. The van der Waals surface area contributed by atoms with Crippen LogP contribution in [0, 0.1) is 0 Å². The molecule has 2 aromatic rings. The van der Waals surface area contributed by atoms with E-state index in [1.54, 1.807) is 13.3 Å². The number of imidazole rings is 1. The molecule has 0 spiro atoms. The van der Waals surface area contributed by atoms with Crippen LogP contribution in [0.4, 0.5) is 0 Å². The summed E-state index contributed by atoms with van der Waals surface area (Å²) in [5, 5.41) is 0. The van der Waals surface area contributed by atoms with E-state index in [1.165, 1.54) is 0 Å². The molecule has 0 unspecified atom stereocenters. The smallest absolute Gasteiger partial charge is 0.178 e. The number of para-hydroxylation sites is 1. The minimum absolute atomic E-state index is 0.0646. The van der Waals surface area contributed by atoms with Crippen molar-refractivity contribution in [3.63, 3.8) is 0 Å². The molecule has 88 valence electrons. The lowest BCUT2D eigenvalue weighted by molar-refractivity contribution is 0.101. The van der Waals surface area contributed by atoms with Gasteiger partial charge in [-0.1, -0.05) is 31.5 Å². The quantitative estimate of drug-likeness (QED) is 0.754. The van der Waals surface area contributed by atoms with Crippen molar-refractivity contribution in [2.24, 2.45) is 0 Å². The van der Waals surface area contributed by atoms with Crippen LogP contribution in [-0.4, -0.2) is 15.3 Å². The number of aromatic nitrogens is 2. The standard InChI is InChI=1S/C14H16N2O/c1-3-7-13-14(11(2)17)16(10-15-13)12-8-5-4-6-9-12/h4-6,8-10H,3,7H2,1-2H3. The van der Waals surface area contributed by atoms with E-state index in [1.807, 2.05) is 34.9 Å². The van der Waals surface area contributed by atoms with Crippen molar-refractivity contribution < 1.29 is 4.79 Å². The molecular weight excluding hydrogens is 212 g/mol. The summed E-state index contributed by atoms with van der Waals surface area (Å²) >= 11 is 0. The molecule has 0 saturated heterocycles. The number of rotatable bonds is 4. The summed E-state index contributed by atoms with van der Waals surface area (Å²) < 4.78 is 1.87. The maximum Gasteiger partial charge on any atom is 0.178 e. The van der Waals surface area contributed by atoms with Gasteiger partial charge < -0.3 is 0 Å². The Balaban J connectivity index is 2.52. The van der Waals surface area contributed by atoms with Crippen molar-refractivity contribution >= 4 is 5.78 Å². The van der Waals surface area contributed by atoms with E-state index in [0.29, 0.717) is 5.69 Å². The summed E-state index contributed by atoms with van der Waals surface area (Å²) in [5.41, 5.74) is 2.58. The van der Waals surface area contributed by atoms with E-state index in [2.05, 4.69) is 11.9 Å². The number of nitrogens with zero attached hydrogens (tertiary/aromatic N) is 2. The normalized spacial score (nSPS) is 10.5. The van der Waals surface area contributed by atoms with Gasteiger partial charge in [-0.25, -0.2) is 4.98 Å². The van der Waals surface area contributed by atoms with Gasteiger partial charge in [0.25, 0.3) is 0 Å². The van der Waals surface area contributed by atoms with Crippen LogP contribution in [0.15, 0.2) is 36.7 Å². The first-order valence-corrected chi connectivity index (χ1v) is 5.86. The van der Waals surface area contributed by atoms with Gasteiger partial charge in [-0.05, 0) is 18.6 Å². The second-order valence-corrected chi connectivity index (χ2v) is 4.05. The van der Waals surface area contributed by atoms with Crippen molar-refractivity contribution in [1.82, 2.24) is 9.55 Å². The predicted octanol–water partition coefficient (Wildman–Crippen LogP) is 3.03. The molecule has 0 aliphatic heterocycles. The van der Waals surface area contributed by atoms with Gasteiger partial charge in [0, 0.05) is 12.6 Å². The van der Waals surface area contributed by atoms with Gasteiger partial charge in [-0.2, -0.15) is 0 Å². The second kappa shape index (κ2) is 4.95. The van der Waals surface area contributed by atoms with Crippen LogP contribution in [-0.2, 0) is 6.42 Å². The number of aryl methyl sites for hydroxylation is 1. The topological polar surface area (TPSA) is 34.9 Å². The minimum atomic E-state index is 0.0646. The van der Waals surface area contributed by atoms with Gasteiger partial charge >= 0.3 is 0 Å². The summed E-state index contributed by atoms with van der Waals surface area (Å²) in [6.07, 6.45) is 3.57. The van der Waals surface area contributed by atoms with Crippen LogP contribution >= 0.6 is 0 Å². The highest BCUT2D eigenvalue weighted by atomic mass is 16.1. The van der Waals surface area contributed by atoms with Gasteiger partial charge in [-0.3, -0.25) is 9.36 Å². The van der Waals surface area contributed by atoms with Crippen LogP contribution in [0.5, 0.6) is 0 Å². The lowest BCUT2D eigenvalue weighted by Gasteiger charge is -2.06. The molecular formula is C14H16N2O. The average molecular weight is 228 g/mol. The largest absolute Gasteiger partial charge is 0.296 e. The third-order valence-electron chi connectivity index (χ3n) is 2.70. The Bertz CT molecular complexity index is 514. The maximum atomic E-state index is 11.7. The number of benzene rings is 1. The van der Waals surface area contributed by atoms with Gasteiger partial charge in [0.1, 0.15) is 12.0 Å². The molecule has 0 aliphatic carbocycles. The van der Waals surface area contributed by atoms with Crippen LogP contribution < -0.4 is 0 Å². The molecule has 3 nitrogen and oxygen atoms in total. The van der Waals surface area contributed by atoms with Crippen molar-refractivity contribution in [3.05, 3.63) is 48.0 Å². The minimum Gasteiger partial charge on any atom is -0.296 e. The maximum absolute atomic E-state index is 11.7. The fourth-order valence-electron chi connectivity index (χ4n) is 1.96. The molecule has 0 bridgehead atoms. The van der Waals surface area contributed by atoms with E-state index in [4.69, 9.17) is 0 Å². The predicted molar refractivity (Wildman–Crippen MR) is 67.6 cm³/mol. The first-order valence-electron chi connectivity index (χ1n) is 5.86. The Morgan fingerprint density at radius 3 is 2.59 bits per heavy atom. The third kappa shape index (κ3) is 2.28. The third-order valence-corrected chi connectivity index (χ3v) is 2.70.